The number of hydrogen-bond donors (Lipinski definition) is 2. The van der Waals surface area contributed by atoms with Crippen LogP contribution in [0.5, 0.6) is 0 Å². The third-order valence-corrected chi connectivity index (χ3v) is 3.42. The number of fused-ring (bicyclic) bond motifs is 1. The van der Waals surface area contributed by atoms with Crippen LogP contribution in [0.3, 0.4) is 0 Å². The minimum atomic E-state index is -0.199. The Labute approximate surface area is 111 Å². The first-order valence-corrected chi connectivity index (χ1v) is 6.42. The van der Waals surface area contributed by atoms with Crippen molar-refractivity contribution in [2.75, 3.05) is 5.32 Å². The summed E-state index contributed by atoms with van der Waals surface area (Å²) in [4.78, 5) is 12.2. The largest absolute Gasteiger partial charge is 0.467 e. The summed E-state index contributed by atoms with van der Waals surface area (Å²) >= 11 is 0. The van der Waals surface area contributed by atoms with E-state index >= 15 is 0 Å². The summed E-state index contributed by atoms with van der Waals surface area (Å²) in [6.07, 6.45) is 2.34. The van der Waals surface area contributed by atoms with Gasteiger partial charge in [0.2, 0.25) is 5.91 Å². The molecule has 0 radical (unpaired) electrons. The average molecular weight is 256 g/mol. The molecule has 4 heteroatoms. The second-order valence-electron chi connectivity index (χ2n) is 4.80. The molecule has 1 aromatic heterocycles. The smallest absolute Gasteiger partial charge is 0.243 e. The Morgan fingerprint density at radius 3 is 2.95 bits per heavy atom. The number of amides is 1. The highest BCUT2D eigenvalue weighted by Crippen LogP contribution is 2.25. The number of rotatable bonds is 3. The Balaban J connectivity index is 1.64. The maximum Gasteiger partial charge on any atom is 0.243 e. The molecule has 0 saturated heterocycles. The lowest BCUT2D eigenvalue weighted by atomic mass is 10.1. The molecule has 0 bridgehead atoms. The molecule has 2 atom stereocenters. The van der Waals surface area contributed by atoms with Crippen molar-refractivity contribution in [3.8, 4) is 0 Å². The minimum Gasteiger partial charge on any atom is -0.467 e. The number of para-hydroxylation sites is 1. The molecule has 1 aliphatic rings. The van der Waals surface area contributed by atoms with Gasteiger partial charge in [0.1, 0.15) is 11.8 Å². The highest BCUT2D eigenvalue weighted by atomic mass is 16.3. The molecule has 19 heavy (non-hydrogen) atoms. The summed E-state index contributed by atoms with van der Waals surface area (Å²) in [5.41, 5.74) is 2.24. The minimum absolute atomic E-state index is 0.0000926. The van der Waals surface area contributed by atoms with Crippen molar-refractivity contribution in [1.82, 2.24) is 5.32 Å². The SMILES string of the molecule is C[C@H](NC(=O)[C@@H]1Cc2ccccc2N1)c1ccco1. The summed E-state index contributed by atoms with van der Waals surface area (Å²) < 4.78 is 5.29. The Hall–Kier alpha value is -2.23. The van der Waals surface area contributed by atoms with Crippen LogP contribution in [0, 0.1) is 0 Å². The van der Waals surface area contributed by atoms with E-state index in [2.05, 4.69) is 10.6 Å². The van der Waals surface area contributed by atoms with Gasteiger partial charge in [0.05, 0.1) is 12.3 Å². The number of carbonyl (C=O) groups excluding carboxylic acids is 1. The van der Waals surface area contributed by atoms with Gasteiger partial charge in [-0.05, 0) is 30.7 Å². The molecule has 1 amide bonds. The number of nitrogens with one attached hydrogen (secondary N) is 2. The van der Waals surface area contributed by atoms with Gasteiger partial charge in [-0.2, -0.15) is 0 Å². The normalized spacial score (nSPS) is 18.5. The van der Waals surface area contributed by atoms with Gasteiger partial charge in [0.25, 0.3) is 0 Å². The highest BCUT2D eigenvalue weighted by Gasteiger charge is 2.27. The zero-order chi connectivity index (χ0) is 13.2. The lowest BCUT2D eigenvalue weighted by Gasteiger charge is -2.16. The van der Waals surface area contributed by atoms with Crippen LogP contribution in [0.15, 0.2) is 47.1 Å². The fourth-order valence-corrected chi connectivity index (χ4v) is 2.38. The van der Waals surface area contributed by atoms with Gasteiger partial charge in [-0.25, -0.2) is 0 Å². The van der Waals surface area contributed by atoms with Crippen LogP contribution in [-0.4, -0.2) is 11.9 Å². The number of furan rings is 1. The van der Waals surface area contributed by atoms with Crippen LogP contribution in [-0.2, 0) is 11.2 Å². The monoisotopic (exact) mass is 256 g/mol. The van der Waals surface area contributed by atoms with Crippen molar-refractivity contribution in [2.24, 2.45) is 0 Å². The van der Waals surface area contributed by atoms with E-state index in [4.69, 9.17) is 4.42 Å². The lowest BCUT2D eigenvalue weighted by Crippen LogP contribution is -2.39. The van der Waals surface area contributed by atoms with Crippen LogP contribution in [0.2, 0.25) is 0 Å². The Kier molecular flexibility index (Phi) is 2.99. The molecule has 0 spiro atoms. The first kappa shape index (κ1) is 11.8. The molecular weight excluding hydrogens is 240 g/mol. The Morgan fingerprint density at radius 1 is 1.37 bits per heavy atom. The maximum absolute atomic E-state index is 12.2. The van der Waals surface area contributed by atoms with Crippen LogP contribution >= 0.6 is 0 Å². The molecule has 0 unspecified atom stereocenters. The molecule has 2 N–H and O–H groups in total. The third kappa shape index (κ3) is 2.34. The van der Waals surface area contributed by atoms with Crippen LogP contribution in [0.4, 0.5) is 5.69 Å². The van der Waals surface area contributed by atoms with Gasteiger partial charge in [-0.15, -0.1) is 0 Å². The van der Waals surface area contributed by atoms with Crippen molar-refractivity contribution in [3.05, 3.63) is 54.0 Å². The van der Waals surface area contributed by atoms with Gasteiger partial charge in [0, 0.05) is 12.1 Å². The summed E-state index contributed by atoms with van der Waals surface area (Å²) in [6.45, 7) is 1.92. The van der Waals surface area contributed by atoms with Crippen LogP contribution in [0.25, 0.3) is 0 Å². The first-order chi connectivity index (χ1) is 9.24. The molecule has 1 aromatic carbocycles. The first-order valence-electron chi connectivity index (χ1n) is 6.42. The number of carbonyl (C=O) groups is 1. The van der Waals surface area contributed by atoms with Crippen LogP contribution in [0.1, 0.15) is 24.3 Å². The standard InChI is InChI=1S/C15H16N2O2/c1-10(14-7-4-8-19-14)16-15(18)13-9-11-5-2-3-6-12(11)17-13/h2-8,10,13,17H,9H2,1H3,(H,16,18)/t10-,13-/m0/s1. The Bertz CT molecular complexity index is 553. The second kappa shape index (κ2) is 4.80. The molecule has 0 fully saturated rings. The van der Waals surface area contributed by atoms with Gasteiger partial charge in [0.15, 0.2) is 0 Å². The topological polar surface area (TPSA) is 54.3 Å². The molecule has 2 aromatic rings. The number of benzene rings is 1. The predicted molar refractivity (Wildman–Crippen MR) is 72.8 cm³/mol. The molecule has 0 saturated carbocycles. The molecule has 3 rings (SSSR count). The summed E-state index contributed by atoms with van der Waals surface area (Å²) in [6, 6.07) is 11.4. The van der Waals surface area contributed by atoms with Gasteiger partial charge >= 0.3 is 0 Å². The lowest BCUT2D eigenvalue weighted by molar-refractivity contribution is -0.122. The summed E-state index contributed by atoms with van der Waals surface area (Å²) in [5.74, 6) is 0.768. The number of anilines is 1. The highest BCUT2D eigenvalue weighted by molar-refractivity contribution is 5.87. The van der Waals surface area contributed by atoms with E-state index in [1.54, 1.807) is 6.26 Å². The molecule has 98 valence electrons. The van der Waals surface area contributed by atoms with Crippen molar-refractivity contribution < 1.29 is 9.21 Å². The zero-order valence-electron chi connectivity index (χ0n) is 10.7. The van der Waals surface area contributed by atoms with E-state index in [1.165, 1.54) is 5.56 Å². The van der Waals surface area contributed by atoms with Crippen molar-refractivity contribution >= 4 is 11.6 Å². The van der Waals surface area contributed by atoms with Crippen molar-refractivity contribution in [3.63, 3.8) is 0 Å². The van der Waals surface area contributed by atoms with E-state index in [0.29, 0.717) is 0 Å². The van der Waals surface area contributed by atoms with E-state index in [0.717, 1.165) is 17.9 Å². The molecule has 1 aliphatic heterocycles. The zero-order valence-corrected chi connectivity index (χ0v) is 10.7. The van der Waals surface area contributed by atoms with Gasteiger partial charge < -0.3 is 15.1 Å². The second-order valence-corrected chi connectivity index (χ2v) is 4.80. The van der Waals surface area contributed by atoms with Crippen LogP contribution < -0.4 is 10.6 Å². The van der Waals surface area contributed by atoms with E-state index in [9.17, 15) is 4.79 Å². The molecule has 0 aliphatic carbocycles. The van der Waals surface area contributed by atoms with E-state index < -0.39 is 0 Å². The van der Waals surface area contributed by atoms with Crippen molar-refractivity contribution in [2.45, 2.75) is 25.4 Å². The Morgan fingerprint density at radius 2 is 2.21 bits per heavy atom. The van der Waals surface area contributed by atoms with E-state index in [1.807, 2.05) is 43.3 Å². The average Bonchev–Trinajstić information content (AvgIpc) is 3.07. The molecule has 4 nitrogen and oxygen atoms in total. The fourth-order valence-electron chi connectivity index (χ4n) is 2.38. The quantitative estimate of drug-likeness (QED) is 0.887. The van der Waals surface area contributed by atoms with Gasteiger partial charge in [-0.1, -0.05) is 18.2 Å². The van der Waals surface area contributed by atoms with Gasteiger partial charge in [-0.3, -0.25) is 4.79 Å². The molecular formula is C15H16N2O2. The van der Waals surface area contributed by atoms with E-state index in [-0.39, 0.29) is 18.0 Å². The predicted octanol–water partition coefficient (Wildman–Crippen LogP) is 2.49. The number of hydrogen-bond acceptors (Lipinski definition) is 3. The van der Waals surface area contributed by atoms with Crippen molar-refractivity contribution in [1.29, 1.82) is 0 Å². The summed E-state index contributed by atoms with van der Waals surface area (Å²) in [5, 5.41) is 6.21. The third-order valence-electron chi connectivity index (χ3n) is 3.42. The fraction of sp³-hybridized carbons (Fsp3) is 0.267. The summed E-state index contributed by atoms with van der Waals surface area (Å²) in [7, 11) is 0. The maximum atomic E-state index is 12.2. The molecule has 2 heterocycles.